The molecule has 1 saturated carbocycles. The first-order chi connectivity index (χ1) is 13.7. The largest absolute Gasteiger partial charge is 0.383 e. The second kappa shape index (κ2) is 8.89. The molecule has 1 aromatic heterocycles. The Hall–Kier alpha value is -1.50. The fourth-order valence-electron chi connectivity index (χ4n) is 5.09. The summed E-state index contributed by atoms with van der Waals surface area (Å²) in [7, 11) is 1.71. The second-order valence-electron chi connectivity index (χ2n) is 8.34. The number of benzene rings is 1. The summed E-state index contributed by atoms with van der Waals surface area (Å²) >= 11 is 6.17. The van der Waals surface area contributed by atoms with Crippen molar-refractivity contribution in [3.63, 3.8) is 0 Å². The predicted octanol–water partition coefficient (Wildman–Crippen LogP) is 4.11. The Morgan fingerprint density at radius 3 is 2.61 bits per heavy atom. The van der Waals surface area contributed by atoms with Gasteiger partial charge in [0.2, 0.25) is 0 Å². The normalized spacial score (nSPS) is 21.1. The van der Waals surface area contributed by atoms with Crippen LogP contribution >= 0.6 is 11.6 Å². The van der Waals surface area contributed by atoms with E-state index in [0.29, 0.717) is 18.6 Å². The lowest BCUT2D eigenvalue weighted by Crippen LogP contribution is -2.46. The summed E-state index contributed by atoms with van der Waals surface area (Å²) in [6.07, 6.45) is 9.42. The van der Waals surface area contributed by atoms with Gasteiger partial charge in [-0.25, -0.2) is 4.68 Å². The molecule has 2 aromatic rings. The number of rotatable bonds is 6. The molecule has 28 heavy (non-hydrogen) atoms. The van der Waals surface area contributed by atoms with Gasteiger partial charge in [0, 0.05) is 18.7 Å². The monoisotopic (exact) mass is 403 g/mol. The zero-order valence-corrected chi connectivity index (χ0v) is 17.4. The van der Waals surface area contributed by atoms with Gasteiger partial charge in [-0.2, -0.15) is 0 Å². The van der Waals surface area contributed by atoms with Crippen LogP contribution < -0.4 is 0 Å². The number of piperidine rings is 1. The molecule has 0 radical (unpaired) electrons. The molecule has 2 aliphatic rings. The number of likely N-dealkylation sites (tertiary alicyclic amines) is 1. The SMILES string of the molecule is COCCn1nnnc1[C@H](c1ccc(Cl)cc1)N1CCCC2(CCCCC2)C1. The average Bonchev–Trinajstić information content (AvgIpc) is 3.17. The van der Waals surface area contributed by atoms with Crippen molar-refractivity contribution >= 4 is 11.6 Å². The van der Waals surface area contributed by atoms with Gasteiger partial charge in [-0.3, -0.25) is 4.90 Å². The summed E-state index contributed by atoms with van der Waals surface area (Å²) < 4.78 is 7.15. The van der Waals surface area contributed by atoms with Gasteiger partial charge in [0.05, 0.1) is 19.2 Å². The van der Waals surface area contributed by atoms with E-state index in [1.165, 1.54) is 50.5 Å². The van der Waals surface area contributed by atoms with Crippen molar-refractivity contribution in [3.8, 4) is 0 Å². The number of hydrogen-bond donors (Lipinski definition) is 0. The molecule has 2 fully saturated rings. The smallest absolute Gasteiger partial charge is 0.173 e. The summed E-state index contributed by atoms with van der Waals surface area (Å²) in [4.78, 5) is 2.60. The molecule has 7 heteroatoms. The Morgan fingerprint density at radius 1 is 1.11 bits per heavy atom. The van der Waals surface area contributed by atoms with E-state index in [2.05, 4.69) is 32.6 Å². The third-order valence-corrected chi connectivity index (χ3v) is 6.72. The molecular weight excluding hydrogens is 374 g/mol. The van der Waals surface area contributed by atoms with Crippen LogP contribution in [0, 0.1) is 5.41 Å². The molecule has 2 heterocycles. The lowest BCUT2D eigenvalue weighted by Gasteiger charge is -2.47. The van der Waals surface area contributed by atoms with Crippen molar-refractivity contribution < 1.29 is 4.74 Å². The van der Waals surface area contributed by atoms with Crippen LogP contribution in [0.3, 0.4) is 0 Å². The van der Waals surface area contributed by atoms with Crippen molar-refractivity contribution in [2.75, 3.05) is 26.8 Å². The summed E-state index contributed by atoms with van der Waals surface area (Å²) in [6.45, 7) is 3.45. The Morgan fingerprint density at radius 2 is 1.86 bits per heavy atom. The first kappa shape index (κ1) is 19.8. The molecule has 6 nitrogen and oxygen atoms in total. The van der Waals surface area contributed by atoms with Gasteiger partial charge in [0.25, 0.3) is 0 Å². The topological polar surface area (TPSA) is 56.1 Å². The van der Waals surface area contributed by atoms with E-state index in [0.717, 1.165) is 23.9 Å². The van der Waals surface area contributed by atoms with Gasteiger partial charge in [-0.05, 0) is 65.8 Å². The van der Waals surface area contributed by atoms with Crippen LogP contribution in [0.15, 0.2) is 24.3 Å². The lowest BCUT2D eigenvalue weighted by atomic mass is 9.69. The Labute approximate surface area is 172 Å². The summed E-state index contributed by atoms with van der Waals surface area (Å²) in [6, 6.07) is 8.21. The minimum atomic E-state index is 0.0447. The summed E-state index contributed by atoms with van der Waals surface area (Å²) in [5.41, 5.74) is 1.66. The van der Waals surface area contributed by atoms with Crippen LogP contribution in [0.5, 0.6) is 0 Å². The quantitative estimate of drug-likeness (QED) is 0.726. The number of hydrogen-bond acceptors (Lipinski definition) is 5. The van der Waals surface area contributed by atoms with Crippen molar-refractivity contribution in [1.29, 1.82) is 0 Å². The number of methoxy groups -OCH3 is 1. The molecule has 0 N–H and O–H groups in total. The average molecular weight is 404 g/mol. The highest BCUT2D eigenvalue weighted by molar-refractivity contribution is 6.30. The molecule has 0 bridgehead atoms. The molecule has 0 amide bonds. The van der Waals surface area contributed by atoms with Gasteiger partial charge in [0.15, 0.2) is 5.82 Å². The molecule has 1 aromatic carbocycles. The van der Waals surface area contributed by atoms with Gasteiger partial charge in [-0.15, -0.1) is 5.10 Å². The van der Waals surface area contributed by atoms with E-state index in [1.54, 1.807) is 7.11 Å². The van der Waals surface area contributed by atoms with E-state index in [1.807, 2.05) is 16.8 Å². The Kier molecular flexibility index (Phi) is 6.28. The van der Waals surface area contributed by atoms with Crippen LogP contribution in [-0.2, 0) is 11.3 Å². The number of halogens is 1. The first-order valence-electron chi connectivity index (χ1n) is 10.5. The van der Waals surface area contributed by atoms with Crippen LogP contribution in [0.25, 0.3) is 0 Å². The van der Waals surface area contributed by atoms with E-state index < -0.39 is 0 Å². The lowest BCUT2D eigenvalue weighted by molar-refractivity contribution is 0.0338. The highest BCUT2D eigenvalue weighted by atomic mass is 35.5. The molecule has 1 saturated heterocycles. The Balaban J connectivity index is 1.67. The fourth-order valence-corrected chi connectivity index (χ4v) is 5.22. The number of nitrogens with zero attached hydrogens (tertiary/aromatic N) is 5. The van der Waals surface area contributed by atoms with Crippen molar-refractivity contribution in [2.45, 2.75) is 57.5 Å². The zero-order chi connectivity index (χ0) is 19.4. The summed E-state index contributed by atoms with van der Waals surface area (Å²) in [5.74, 6) is 0.896. The first-order valence-corrected chi connectivity index (χ1v) is 10.8. The molecule has 1 spiro atoms. The molecule has 1 aliphatic heterocycles. The van der Waals surface area contributed by atoms with Gasteiger partial charge in [-0.1, -0.05) is 43.0 Å². The van der Waals surface area contributed by atoms with Gasteiger partial charge in [0.1, 0.15) is 0 Å². The molecule has 152 valence electrons. The standard InChI is InChI=1S/C21H30ClN5O/c1-28-15-14-27-20(23-24-25-27)19(17-6-8-18(22)9-7-17)26-13-5-12-21(16-26)10-3-2-4-11-21/h6-9,19H,2-5,10-16H2,1H3/t19-/m0/s1. The van der Waals surface area contributed by atoms with Gasteiger partial charge >= 0.3 is 0 Å². The minimum absolute atomic E-state index is 0.0447. The van der Waals surface area contributed by atoms with Crippen molar-refractivity contribution in [1.82, 2.24) is 25.1 Å². The van der Waals surface area contributed by atoms with Crippen LogP contribution in [0.4, 0.5) is 0 Å². The maximum Gasteiger partial charge on any atom is 0.173 e. The molecule has 1 atom stereocenters. The molecule has 1 aliphatic carbocycles. The van der Waals surface area contributed by atoms with E-state index in [-0.39, 0.29) is 6.04 Å². The molecular formula is C21H30ClN5O. The number of aromatic nitrogens is 4. The van der Waals surface area contributed by atoms with E-state index in [4.69, 9.17) is 16.3 Å². The maximum absolute atomic E-state index is 6.17. The third-order valence-electron chi connectivity index (χ3n) is 6.47. The molecule has 0 unspecified atom stereocenters. The minimum Gasteiger partial charge on any atom is -0.383 e. The van der Waals surface area contributed by atoms with Crippen LogP contribution in [0.1, 0.15) is 62.4 Å². The second-order valence-corrected chi connectivity index (χ2v) is 8.78. The zero-order valence-electron chi connectivity index (χ0n) is 16.7. The summed E-state index contributed by atoms with van der Waals surface area (Å²) in [5, 5.41) is 13.4. The fraction of sp³-hybridized carbons (Fsp3) is 0.667. The predicted molar refractivity (Wildman–Crippen MR) is 109 cm³/mol. The van der Waals surface area contributed by atoms with Gasteiger partial charge < -0.3 is 4.74 Å². The highest BCUT2D eigenvalue weighted by Crippen LogP contribution is 2.45. The van der Waals surface area contributed by atoms with Crippen molar-refractivity contribution in [3.05, 3.63) is 40.7 Å². The van der Waals surface area contributed by atoms with Crippen LogP contribution in [0.2, 0.25) is 5.02 Å². The number of tetrazole rings is 1. The third kappa shape index (κ3) is 4.24. The van der Waals surface area contributed by atoms with Crippen molar-refractivity contribution in [2.24, 2.45) is 5.41 Å². The number of ether oxygens (including phenoxy) is 1. The van der Waals surface area contributed by atoms with E-state index in [9.17, 15) is 0 Å². The Bertz CT molecular complexity index is 751. The molecule has 4 rings (SSSR count). The maximum atomic E-state index is 6.17. The highest BCUT2D eigenvalue weighted by Gasteiger charge is 2.40. The van der Waals surface area contributed by atoms with E-state index >= 15 is 0 Å². The van der Waals surface area contributed by atoms with Crippen LogP contribution in [-0.4, -0.2) is 51.9 Å².